The number of phenols is 1. The van der Waals surface area contributed by atoms with Gasteiger partial charge in [0.1, 0.15) is 5.75 Å². The Balaban J connectivity index is 1.76. The summed E-state index contributed by atoms with van der Waals surface area (Å²) in [6.45, 7) is 0.402. The number of carbonyl (C=O) groups is 1. The first-order chi connectivity index (χ1) is 11.8. The smallest absolute Gasteiger partial charge is 0.235 e. The van der Waals surface area contributed by atoms with Crippen molar-refractivity contribution in [1.29, 1.82) is 0 Å². The van der Waals surface area contributed by atoms with E-state index in [1.807, 2.05) is 24.3 Å². The molecule has 2 N–H and O–H groups in total. The highest BCUT2D eigenvalue weighted by Gasteiger charge is 2.28. The van der Waals surface area contributed by atoms with Gasteiger partial charge in [0, 0.05) is 11.0 Å². The Morgan fingerprint density at radius 2 is 1.92 bits per heavy atom. The predicted molar refractivity (Wildman–Crippen MR) is 100 cm³/mol. The van der Waals surface area contributed by atoms with Crippen LogP contribution in [-0.2, 0) is 21.2 Å². The van der Waals surface area contributed by atoms with Crippen LogP contribution in [0.3, 0.4) is 0 Å². The summed E-state index contributed by atoms with van der Waals surface area (Å²) >= 11 is 3.34. The Labute approximate surface area is 154 Å². The number of hydrogen-bond donors (Lipinski definition) is 2. The van der Waals surface area contributed by atoms with E-state index in [2.05, 4.69) is 21.2 Å². The third kappa shape index (κ3) is 4.13. The second kappa shape index (κ2) is 7.05. The molecule has 25 heavy (non-hydrogen) atoms. The van der Waals surface area contributed by atoms with Crippen molar-refractivity contribution >= 4 is 43.2 Å². The van der Waals surface area contributed by atoms with E-state index in [0.717, 1.165) is 10.0 Å². The standard InChI is InChI=1S/C17H17BrN2O4S/c18-13-4-2-12(3-5-13)10-17(22)19-15-11-14(6-7-16(15)21)20-8-1-9-25(20,23)24/h2-7,11,21H,1,8-10H2,(H,19,22). The van der Waals surface area contributed by atoms with Crippen LogP contribution >= 0.6 is 15.9 Å². The largest absolute Gasteiger partial charge is 0.506 e. The lowest BCUT2D eigenvalue weighted by atomic mass is 10.1. The van der Waals surface area contributed by atoms with Gasteiger partial charge in [-0.15, -0.1) is 0 Å². The van der Waals surface area contributed by atoms with Crippen molar-refractivity contribution < 1.29 is 18.3 Å². The van der Waals surface area contributed by atoms with Gasteiger partial charge in [-0.1, -0.05) is 28.1 Å². The average molecular weight is 425 g/mol. The molecule has 1 fully saturated rings. The summed E-state index contributed by atoms with van der Waals surface area (Å²) in [4.78, 5) is 12.2. The molecule has 0 unspecified atom stereocenters. The van der Waals surface area contributed by atoms with Crippen LogP contribution in [0.5, 0.6) is 5.75 Å². The van der Waals surface area contributed by atoms with E-state index in [-0.39, 0.29) is 29.5 Å². The van der Waals surface area contributed by atoms with E-state index < -0.39 is 10.0 Å². The molecule has 2 aromatic rings. The van der Waals surface area contributed by atoms with E-state index in [0.29, 0.717) is 18.7 Å². The number of aromatic hydroxyl groups is 1. The van der Waals surface area contributed by atoms with Crippen molar-refractivity contribution in [1.82, 2.24) is 0 Å². The zero-order chi connectivity index (χ0) is 18.0. The second-order valence-corrected chi connectivity index (χ2v) is 8.72. The van der Waals surface area contributed by atoms with Gasteiger partial charge in [0.25, 0.3) is 0 Å². The van der Waals surface area contributed by atoms with Gasteiger partial charge in [0.05, 0.1) is 23.5 Å². The fourth-order valence-electron chi connectivity index (χ4n) is 2.69. The van der Waals surface area contributed by atoms with Crippen LogP contribution in [0.25, 0.3) is 0 Å². The summed E-state index contributed by atoms with van der Waals surface area (Å²) in [5, 5.41) is 12.6. The predicted octanol–water partition coefficient (Wildman–Crippen LogP) is 2.88. The number of carbonyl (C=O) groups excluding carboxylic acids is 1. The van der Waals surface area contributed by atoms with Crippen molar-refractivity contribution in [2.24, 2.45) is 0 Å². The lowest BCUT2D eigenvalue weighted by molar-refractivity contribution is -0.115. The minimum atomic E-state index is -3.32. The first-order valence-electron chi connectivity index (χ1n) is 7.73. The molecule has 0 saturated carbocycles. The van der Waals surface area contributed by atoms with E-state index in [1.165, 1.54) is 22.5 Å². The summed E-state index contributed by atoms with van der Waals surface area (Å²) in [6, 6.07) is 11.8. The Hall–Kier alpha value is -2.06. The zero-order valence-corrected chi connectivity index (χ0v) is 15.7. The molecule has 0 bridgehead atoms. The number of phenolic OH excluding ortho intramolecular Hbond substituents is 1. The average Bonchev–Trinajstić information content (AvgIpc) is 2.91. The molecular weight excluding hydrogens is 408 g/mol. The molecular formula is C17H17BrN2O4S. The first-order valence-corrected chi connectivity index (χ1v) is 10.1. The monoisotopic (exact) mass is 424 g/mol. The van der Waals surface area contributed by atoms with E-state index in [4.69, 9.17) is 0 Å². The molecule has 0 spiro atoms. The molecule has 8 heteroatoms. The molecule has 1 amide bonds. The maximum atomic E-state index is 12.2. The van der Waals surface area contributed by atoms with Crippen LogP contribution in [0.2, 0.25) is 0 Å². The van der Waals surface area contributed by atoms with Gasteiger partial charge >= 0.3 is 0 Å². The van der Waals surface area contributed by atoms with Gasteiger partial charge < -0.3 is 10.4 Å². The minimum Gasteiger partial charge on any atom is -0.506 e. The number of nitrogens with one attached hydrogen (secondary N) is 1. The lowest BCUT2D eigenvalue weighted by Crippen LogP contribution is -2.25. The third-order valence-corrected chi connectivity index (χ3v) is 6.32. The molecule has 0 radical (unpaired) electrons. The van der Waals surface area contributed by atoms with Crippen LogP contribution in [0.4, 0.5) is 11.4 Å². The molecule has 0 aromatic heterocycles. The number of hydrogen-bond acceptors (Lipinski definition) is 4. The van der Waals surface area contributed by atoms with Crippen LogP contribution in [0.1, 0.15) is 12.0 Å². The van der Waals surface area contributed by atoms with Gasteiger partial charge in [0.2, 0.25) is 15.9 Å². The number of sulfonamides is 1. The summed E-state index contributed by atoms with van der Waals surface area (Å²) in [6.07, 6.45) is 0.716. The highest BCUT2D eigenvalue weighted by Crippen LogP contribution is 2.32. The van der Waals surface area contributed by atoms with Gasteiger partial charge in [0.15, 0.2) is 0 Å². The number of benzene rings is 2. The molecule has 1 aliphatic rings. The number of amides is 1. The van der Waals surface area contributed by atoms with Crippen LogP contribution < -0.4 is 9.62 Å². The molecule has 1 heterocycles. The molecule has 3 rings (SSSR count). The van der Waals surface area contributed by atoms with Crippen molar-refractivity contribution in [3.8, 4) is 5.75 Å². The van der Waals surface area contributed by atoms with Crippen LogP contribution in [0, 0.1) is 0 Å². The van der Waals surface area contributed by atoms with Crippen LogP contribution in [0.15, 0.2) is 46.9 Å². The zero-order valence-electron chi connectivity index (χ0n) is 13.3. The molecule has 6 nitrogen and oxygen atoms in total. The number of nitrogens with zero attached hydrogens (tertiary/aromatic N) is 1. The van der Waals surface area contributed by atoms with E-state index >= 15 is 0 Å². The maximum Gasteiger partial charge on any atom is 0.235 e. The van der Waals surface area contributed by atoms with Gasteiger partial charge in [-0.2, -0.15) is 0 Å². The van der Waals surface area contributed by atoms with Crippen molar-refractivity contribution in [2.45, 2.75) is 12.8 Å². The lowest BCUT2D eigenvalue weighted by Gasteiger charge is -2.18. The summed E-state index contributed by atoms with van der Waals surface area (Å²) in [5.41, 5.74) is 1.47. The van der Waals surface area contributed by atoms with Crippen molar-refractivity contribution in [3.05, 3.63) is 52.5 Å². The SMILES string of the molecule is O=C(Cc1ccc(Br)cc1)Nc1cc(N2CCCS2(=O)=O)ccc1O. The summed E-state index contributed by atoms with van der Waals surface area (Å²) in [7, 11) is -3.32. The Morgan fingerprint density at radius 3 is 2.56 bits per heavy atom. The number of halogens is 1. The highest BCUT2D eigenvalue weighted by atomic mass is 79.9. The Kier molecular flexibility index (Phi) is 5.01. The summed E-state index contributed by atoms with van der Waals surface area (Å²) < 4.78 is 26.3. The fourth-order valence-corrected chi connectivity index (χ4v) is 4.51. The minimum absolute atomic E-state index is 0.107. The maximum absolute atomic E-state index is 12.2. The van der Waals surface area contributed by atoms with Crippen LogP contribution in [-0.4, -0.2) is 31.7 Å². The first kappa shape index (κ1) is 17.8. The molecule has 0 aliphatic carbocycles. The van der Waals surface area contributed by atoms with Gasteiger partial charge in [-0.3, -0.25) is 9.10 Å². The Morgan fingerprint density at radius 1 is 1.20 bits per heavy atom. The van der Waals surface area contributed by atoms with E-state index in [1.54, 1.807) is 0 Å². The topological polar surface area (TPSA) is 86.7 Å². The fraction of sp³-hybridized carbons (Fsp3) is 0.235. The molecule has 2 aromatic carbocycles. The molecule has 0 atom stereocenters. The third-order valence-electron chi connectivity index (χ3n) is 3.92. The van der Waals surface area contributed by atoms with Crippen molar-refractivity contribution in [3.63, 3.8) is 0 Å². The number of anilines is 2. The molecule has 1 aliphatic heterocycles. The highest BCUT2D eigenvalue weighted by molar-refractivity contribution is 9.10. The van der Waals surface area contributed by atoms with Gasteiger partial charge in [-0.25, -0.2) is 8.42 Å². The normalized spacial score (nSPS) is 16.0. The second-order valence-electron chi connectivity index (χ2n) is 5.79. The Bertz CT molecular complexity index is 897. The quantitative estimate of drug-likeness (QED) is 0.738. The van der Waals surface area contributed by atoms with E-state index in [9.17, 15) is 18.3 Å². The van der Waals surface area contributed by atoms with Crippen molar-refractivity contribution in [2.75, 3.05) is 21.9 Å². The summed E-state index contributed by atoms with van der Waals surface area (Å²) in [5.74, 6) is -0.289. The number of rotatable bonds is 4. The molecule has 132 valence electrons. The molecule has 1 saturated heterocycles. The van der Waals surface area contributed by atoms with Gasteiger partial charge in [-0.05, 0) is 42.3 Å².